The Labute approximate surface area is 262 Å². The molecule has 45 heavy (non-hydrogen) atoms. The fraction of sp³-hybridized carbons (Fsp3) is 0.379. The highest BCUT2D eigenvalue weighted by atomic mass is 32.2. The Kier molecular flexibility index (Phi) is 11.4. The molecule has 0 unspecified atom stereocenters. The number of carbonyl (C=O) groups is 2. The van der Waals surface area contributed by atoms with E-state index in [4.69, 9.17) is 15.2 Å². The van der Waals surface area contributed by atoms with Crippen molar-refractivity contribution in [3.05, 3.63) is 71.3 Å². The van der Waals surface area contributed by atoms with E-state index in [0.29, 0.717) is 29.3 Å². The molecule has 0 saturated carbocycles. The second-order valence-corrected chi connectivity index (χ2v) is 11.6. The number of aliphatic hydroxyl groups is 1. The zero-order valence-electron chi connectivity index (χ0n) is 25.0. The van der Waals surface area contributed by atoms with E-state index in [0.717, 1.165) is 27.9 Å². The molecule has 2 aromatic heterocycles. The summed E-state index contributed by atoms with van der Waals surface area (Å²) >= 11 is 1.38. The van der Waals surface area contributed by atoms with Crippen LogP contribution in [0, 0.1) is 0 Å². The van der Waals surface area contributed by atoms with Gasteiger partial charge in [-0.25, -0.2) is 19.4 Å². The van der Waals surface area contributed by atoms with Crippen molar-refractivity contribution < 1.29 is 39.8 Å². The third-order valence-electron chi connectivity index (χ3n) is 6.54. The van der Waals surface area contributed by atoms with Crippen LogP contribution < -0.4 is 0 Å². The van der Waals surface area contributed by atoms with Gasteiger partial charge in [0.1, 0.15) is 23.7 Å². The van der Waals surface area contributed by atoms with E-state index in [1.165, 1.54) is 25.6 Å². The summed E-state index contributed by atoms with van der Waals surface area (Å²) in [6.45, 7) is 5.44. The van der Waals surface area contributed by atoms with Crippen LogP contribution in [0.2, 0.25) is 0 Å². The Morgan fingerprint density at radius 2 is 1.71 bits per heavy atom. The molecule has 4 N–H and O–H groups in total. The van der Waals surface area contributed by atoms with Gasteiger partial charge in [0.15, 0.2) is 5.69 Å². The lowest BCUT2D eigenvalue weighted by atomic mass is 9.98. The van der Waals surface area contributed by atoms with E-state index in [2.05, 4.69) is 25.2 Å². The monoisotopic (exact) mass is 641 g/mol. The molecule has 4 aromatic rings. The van der Waals surface area contributed by atoms with Crippen molar-refractivity contribution in [3.8, 4) is 22.5 Å². The van der Waals surface area contributed by atoms with Gasteiger partial charge >= 0.3 is 12.1 Å². The van der Waals surface area contributed by atoms with Crippen molar-refractivity contribution >= 4 is 23.8 Å². The number of carboxylic acid groups (broad SMARTS) is 1. The normalized spacial score (nSPS) is 11.7. The third-order valence-corrected chi connectivity index (χ3v) is 7.45. The molecule has 0 spiro atoms. The Morgan fingerprint density at radius 3 is 2.36 bits per heavy atom. The summed E-state index contributed by atoms with van der Waals surface area (Å²) in [4.78, 5) is 34.4. The van der Waals surface area contributed by atoms with E-state index in [1.807, 2.05) is 55.5 Å². The molecule has 0 fully saturated rings. The molecule has 0 atom stereocenters. The van der Waals surface area contributed by atoms with Gasteiger partial charge in [-0.15, -0.1) is 10.2 Å². The summed E-state index contributed by atoms with van der Waals surface area (Å²) < 4.78 is 6.83. The van der Waals surface area contributed by atoms with Crippen LogP contribution >= 0.6 is 11.8 Å². The molecule has 0 radical (unpaired) electrons. The van der Waals surface area contributed by atoms with Crippen LogP contribution in [0.1, 0.15) is 54.8 Å². The molecule has 240 valence electrons. The maximum atomic E-state index is 12.4. The Morgan fingerprint density at radius 1 is 1.02 bits per heavy atom. The highest BCUT2D eigenvalue weighted by molar-refractivity contribution is 7.99. The number of aromatic carboxylic acids is 1. The van der Waals surface area contributed by atoms with Crippen molar-refractivity contribution in [2.45, 2.75) is 45.8 Å². The predicted molar refractivity (Wildman–Crippen MR) is 162 cm³/mol. The molecular formula is C29H35N7O8S. The van der Waals surface area contributed by atoms with Gasteiger partial charge < -0.3 is 19.5 Å². The number of benzene rings is 2. The van der Waals surface area contributed by atoms with E-state index >= 15 is 0 Å². The van der Waals surface area contributed by atoms with Gasteiger partial charge in [-0.3, -0.25) is 10.4 Å². The summed E-state index contributed by atoms with van der Waals surface area (Å²) in [6.07, 6.45) is 0.534. The van der Waals surface area contributed by atoms with Crippen molar-refractivity contribution in [1.29, 1.82) is 0 Å². The molecule has 4 rings (SSSR count). The first-order valence-electron chi connectivity index (χ1n) is 14.1. The highest BCUT2D eigenvalue weighted by Crippen LogP contribution is 2.31. The number of hydrogen-bond donors (Lipinski definition) is 4. The minimum atomic E-state index is -1.41. The van der Waals surface area contributed by atoms with Gasteiger partial charge in [0.2, 0.25) is 5.82 Å². The third kappa shape index (κ3) is 8.72. The van der Waals surface area contributed by atoms with E-state index < -0.39 is 17.7 Å². The quantitative estimate of drug-likeness (QED) is 0.108. The van der Waals surface area contributed by atoms with E-state index in [-0.39, 0.29) is 42.4 Å². The Balaban J connectivity index is 1.48. The second-order valence-electron chi connectivity index (χ2n) is 10.4. The van der Waals surface area contributed by atoms with Gasteiger partial charge in [-0.2, -0.15) is 11.8 Å². The minimum absolute atomic E-state index is 0.0291. The molecule has 0 saturated heterocycles. The lowest BCUT2D eigenvalue weighted by molar-refractivity contribution is -0.490. The van der Waals surface area contributed by atoms with E-state index in [9.17, 15) is 19.8 Å². The summed E-state index contributed by atoms with van der Waals surface area (Å²) in [6, 6.07) is 15.0. The number of thioether (sulfide) groups is 1. The average molecular weight is 642 g/mol. The molecular weight excluding hydrogens is 606 g/mol. The lowest BCUT2D eigenvalue weighted by Crippen LogP contribution is -2.22. The highest BCUT2D eigenvalue weighted by Gasteiger charge is 2.31. The van der Waals surface area contributed by atoms with Crippen molar-refractivity contribution in [2.75, 3.05) is 24.7 Å². The molecule has 15 nitrogen and oxygen atoms in total. The summed E-state index contributed by atoms with van der Waals surface area (Å²) in [5.74, 6) is 0.572. The second kappa shape index (κ2) is 15.2. The number of carbonyl (C=O) groups excluding carboxylic acids is 1. The lowest BCUT2D eigenvalue weighted by Gasteiger charge is -2.16. The Hall–Kier alpha value is -4.19. The van der Waals surface area contributed by atoms with Gasteiger partial charge in [0, 0.05) is 30.0 Å². The number of tetrazole rings is 1. The fourth-order valence-electron chi connectivity index (χ4n) is 4.55. The first kappa shape index (κ1) is 33.7. The zero-order valence-corrected chi connectivity index (χ0v) is 25.8. The van der Waals surface area contributed by atoms with Crippen molar-refractivity contribution in [3.63, 3.8) is 0 Å². The average Bonchev–Trinajstić information content (AvgIpc) is 3.63. The summed E-state index contributed by atoms with van der Waals surface area (Å²) in [5.41, 5.74) is 1.82. The molecule has 2 heterocycles. The topological polar surface area (TPSA) is 198 Å². The fourth-order valence-corrected chi connectivity index (χ4v) is 5.15. The first-order valence-corrected chi connectivity index (χ1v) is 15.2. The van der Waals surface area contributed by atoms with Gasteiger partial charge in [-0.1, -0.05) is 60.3 Å². The van der Waals surface area contributed by atoms with Crippen molar-refractivity contribution in [2.24, 2.45) is 0 Å². The number of ether oxygens (including phenoxy) is 1. The molecule has 0 amide bonds. The minimum Gasteiger partial charge on any atom is -0.477 e. The number of imidazole rings is 1. The Bertz CT molecular complexity index is 1600. The number of carboxylic acids is 1. The van der Waals surface area contributed by atoms with Crippen LogP contribution in [0.3, 0.4) is 0 Å². The molecule has 0 aliphatic rings. The first-order chi connectivity index (χ1) is 21.5. The van der Waals surface area contributed by atoms with Crippen LogP contribution in [-0.2, 0) is 28.1 Å². The number of aryl methyl sites for hydroxylation is 1. The molecule has 0 bridgehead atoms. The number of aromatic nitrogens is 6. The molecule has 2 aromatic carbocycles. The summed E-state index contributed by atoms with van der Waals surface area (Å²) in [7, 11) is 0. The zero-order chi connectivity index (χ0) is 32.6. The van der Waals surface area contributed by atoms with Crippen LogP contribution in [0.5, 0.6) is 0 Å². The SMILES string of the molecule is CCCc1nc(C(C)(C)O)c(C(=O)O)n1Cc1ccc(-c2ccccc2-c2nnn(C(=O)OCCSCCON(O)O)n2)cc1. The number of nitrogens with zero attached hydrogens (tertiary/aromatic N) is 7. The van der Waals surface area contributed by atoms with Gasteiger partial charge in [0.05, 0.1) is 12.0 Å². The van der Waals surface area contributed by atoms with E-state index in [1.54, 1.807) is 4.57 Å². The van der Waals surface area contributed by atoms with Crippen LogP contribution in [-0.4, -0.2) is 92.6 Å². The maximum Gasteiger partial charge on any atom is 0.453 e. The van der Waals surface area contributed by atoms with Crippen molar-refractivity contribution in [1.82, 2.24) is 35.1 Å². The van der Waals surface area contributed by atoms with Crippen LogP contribution in [0.25, 0.3) is 22.5 Å². The van der Waals surface area contributed by atoms with Gasteiger partial charge in [-0.05, 0) is 42.2 Å². The standard InChI is InChI=1S/C29H35N7O8S/c1-4-7-23-30-25(29(2,3)40)24(27(37)38)34(23)18-19-10-12-20(13-11-19)21-8-5-6-9-22(21)26-31-33-35(32-26)28(39)43-14-16-45-17-15-44-36(41)42/h5-6,8-13,40-42H,4,7,14-18H2,1-3H3,(H,37,38). The molecule has 0 aliphatic heterocycles. The molecule has 16 heteroatoms. The largest absolute Gasteiger partial charge is 0.477 e. The molecule has 0 aliphatic carbocycles. The van der Waals surface area contributed by atoms with Gasteiger partial charge in [0.25, 0.3) is 0 Å². The predicted octanol–water partition coefficient (Wildman–Crippen LogP) is 3.86. The van der Waals surface area contributed by atoms with Crippen LogP contribution in [0.15, 0.2) is 48.5 Å². The number of hydrogen-bond acceptors (Lipinski definition) is 13. The maximum absolute atomic E-state index is 12.4. The summed E-state index contributed by atoms with van der Waals surface area (Å²) in [5, 5.41) is 49.3. The van der Waals surface area contributed by atoms with Crippen LogP contribution in [0.4, 0.5) is 4.79 Å². The smallest absolute Gasteiger partial charge is 0.453 e. The number of rotatable bonds is 15.